The molecular weight excluding hydrogens is 463 g/mol. The molecule has 9 heteroatoms. The van der Waals surface area contributed by atoms with E-state index in [1.807, 2.05) is 35.3 Å². The summed E-state index contributed by atoms with van der Waals surface area (Å²) in [7, 11) is 0. The number of hydrazone groups is 1. The lowest BCUT2D eigenvalue weighted by Gasteiger charge is -2.26. The molecule has 0 spiro atoms. The standard InChI is InChI=1S/C24H28Cl2N4O3/c1-2-3-12-33-19-7-4-17(5-8-19)23-16-21(24(31)28-29-10-13-32-14-11-29)27-30(23)22-9-6-18(25)15-20(22)26/h4-9,15,23H,2-3,10-14,16H2,1H3,(H,28,31). The molecule has 1 atom stereocenters. The number of carbonyl (C=O) groups is 1. The number of benzene rings is 2. The molecule has 0 aliphatic carbocycles. The lowest BCUT2D eigenvalue weighted by Crippen LogP contribution is -2.50. The molecule has 0 aromatic heterocycles. The number of amides is 1. The minimum absolute atomic E-state index is 0.182. The van der Waals surface area contributed by atoms with Crippen LogP contribution in [-0.2, 0) is 9.53 Å². The average Bonchev–Trinajstić information content (AvgIpc) is 3.26. The topological polar surface area (TPSA) is 66.4 Å². The Labute approximate surface area is 204 Å². The molecule has 176 valence electrons. The van der Waals surface area contributed by atoms with Gasteiger partial charge in [0.1, 0.15) is 11.5 Å². The third-order valence-electron chi connectivity index (χ3n) is 5.63. The van der Waals surface area contributed by atoms with Gasteiger partial charge in [-0.3, -0.25) is 15.2 Å². The Morgan fingerprint density at radius 3 is 2.64 bits per heavy atom. The van der Waals surface area contributed by atoms with Crippen molar-refractivity contribution in [3.63, 3.8) is 0 Å². The number of nitrogens with zero attached hydrogens (tertiary/aromatic N) is 3. The summed E-state index contributed by atoms with van der Waals surface area (Å²) in [6.07, 6.45) is 2.55. The lowest BCUT2D eigenvalue weighted by molar-refractivity contribution is -0.121. The third kappa shape index (κ3) is 5.98. The number of ether oxygens (including phenoxy) is 2. The normalized spacial score (nSPS) is 18.8. The van der Waals surface area contributed by atoms with E-state index in [0.717, 1.165) is 24.2 Å². The van der Waals surface area contributed by atoms with Crippen molar-refractivity contribution in [1.82, 2.24) is 10.4 Å². The van der Waals surface area contributed by atoms with Crippen molar-refractivity contribution in [2.45, 2.75) is 32.2 Å². The summed E-state index contributed by atoms with van der Waals surface area (Å²) in [6, 6.07) is 13.0. The van der Waals surface area contributed by atoms with Crippen LogP contribution in [0.15, 0.2) is 47.6 Å². The van der Waals surface area contributed by atoms with Crippen LogP contribution in [0.4, 0.5) is 5.69 Å². The highest BCUT2D eigenvalue weighted by Gasteiger charge is 2.34. The molecule has 7 nitrogen and oxygen atoms in total. The second-order valence-corrected chi connectivity index (χ2v) is 8.86. The zero-order chi connectivity index (χ0) is 23.2. The zero-order valence-electron chi connectivity index (χ0n) is 18.6. The van der Waals surface area contributed by atoms with Crippen LogP contribution >= 0.6 is 23.2 Å². The van der Waals surface area contributed by atoms with Crippen LogP contribution in [-0.4, -0.2) is 49.5 Å². The van der Waals surface area contributed by atoms with Crippen molar-refractivity contribution in [3.8, 4) is 5.75 Å². The van der Waals surface area contributed by atoms with Crippen LogP contribution in [0.2, 0.25) is 10.0 Å². The fraction of sp³-hybridized carbons (Fsp3) is 0.417. The third-order valence-corrected chi connectivity index (χ3v) is 6.17. The molecule has 0 bridgehead atoms. The summed E-state index contributed by atoms with van der Waals surface area (Å²) >= 11 is 12.6. The second-order valence-electron chi connectivity index (χ2n) is 8.02. The first kappa shape index (κ1) is 23.8. The van der Waals surface area contributed by atoms with Gasteiger partial charge in [-0.25, -0.2) is 5.01 Å². The number of anilines is 1. The summed E-state index contributed by atoms with van der Waals surface area (Å²) in [5.74, 6) is 0.612. The van der Waals surface area contributed by atoms with Gasteiger partial charge in [0.2, 0.25) is 0 Å². The van der Waals surface area contributed by atoms with E-state index in [9.17, 15) is 4.79 Å². The number of halogens is 2. The van der Waals surface area contributed by atoms with Crippen molar-refractivity contribution >= 4 is 40.5 Å². The van der Waals surface area contributed by atoms with Crippen LogP contribution in [0.5, 0.6) is 5.75 Å². The Hall–Kier alpha value is -2.32. The Morgan fingerprint density at radius 1 is 1.18 bits per heavy atom. The monoisotopic (exact) mass is 490 g/mol. The SMILES string of the molecule is CCCCOc1ccc(C2CC(C(=O)NN3CCOCC3)=NN2c2ccc(Cl)cc2Cl)cc1. The van der Waals surface area contributed by atoms with E-state index < -0.39 is 0 Å². The highest BCUT2D eigenvalue weighted by Crippen LogP contribution is 2.40. The van der Waals surface area contributed by atoms with E-state index in [1.165, 1.54) is 0 Å². The van der Waals surface area contributed by atoms with Crippen LogP contribution in [0.1, 0.15) is 37.8 Å². The average molecular weight is 491 g/mol. The number of morpholine rings is 1. The van der Waals surface area contributed by atoms with Crippen LogP contribution in [0.3, 0.4) is 0 Å². The maximum atomic E-state index is 13.0. The predicted molar refractivity (Wildman–Crippen MR) is 131 cm³/mol. The van der Waals surface area contributed by atoms with Gasteiger partial charge in [-0.15, -0.1) is 0 Å². The molecule has 2 heterocycles. The summed E-state index contributed by atoms with van der Waals surface area (Å²) in [5, 5.41) is 9.37. The van der Waals surface area contributed by atoms with Crippen molar-refractivity contribution in [3.05, 3.63) is 58.1 Å². The smallest absolute Gasteiger partial charge is 0.281 e. The molecule has 1 N–H and O–H groups in total. The Kier molecular flexibility index (Phi) is 8.09. The van der Waals surface area contributed by atoms with E-state index in [4.69, 9.17) is 32.7 Å². The van der Waals surface area contributed by atoms with Gasteiger partial charge in [0.25, 0.3) is 5.91 Å². The highest BCUT2D eigenvalue weighted by molar-refractivity contribution is 6.40. The van der Waals surface area contributed by atoms with E-state index in [-0.39, 0.29) is 11.9 Å². The van der Waals surface area contributed by atoms with Gasteiger partial charge >= 0.3 is 0 Å². The molecule has 4 rings (SSSR count). The summed E-state index contributed by atoms with van der Waals surface area (Å²) < 4.78 is 11.1. The van der Waals surface area contributed by atoms with E-state index in [1.54, 1.807) is 17.1 Å². The number of hydrazine groups is 1. The Balaban J connectivity index is 1.56. The molecule has 1 fully saturated rings. The van der Waals surface area contributed by atoms with Crippen molar-refractivity contribution < 1.29 is 14.3 Å². The quantitative estimate of drug-likeness (QED) is 0.536. The summed E-state index contributed by atoms with van der Waals surface area (Å²) in [6.45, 7) is 5.31. The molecule has 2 aliphatic rings. The molecule has 1 saturated heterocycles. The van der Waals surface area contributed by atoms with Gasteiger partial charge in [0.15, 0.2) is 0 Å². The molecule has 1 unspecified atom stereocenters. The molecule has 0 radical (unpaired) electrons. The second kappa shape index (κ2) is 11.2. The highest BCUT2D eigenvalue weighted by atomic mass is 35.5. The molecule has 2 aromatic carbocycles. The van der Waals surface area contributed by atoms with Gasteiger partial charge in [-0.1, -0.05) is 48.7 Å². The summed E-state index contributed by atoms with van der Waals surface area (Å²) in [5.41, 5.74) is 5.11. The van der Waals surface area contributed by atoms with E-state index in [0.29, 0.717) is 60.8 Å². The number of nitrogens with one attached hydrogen (secondary N) is 1. The maximum Gasteiger partial charge on any atom is 0.281 e. The minimum Gasteiger partial charge on any atom is -0.494 e. The molecule has 33 heavy (non-hydrogen) atoms. The first-order valence-corrected chi connectivity index (χ1v) is 12.0. The molecule has 2 aliphatic heterocycles. The van der Waals surface area contributed by atoms with Crippen molar-refractivity contribution in [1.29, 1.82) is 0 Å². The number of hydrogen-bond acceptors (Lipinski definition) is 6. The van der Waals surface area contributed by atoms with Crippen molar-refractivity contribution in [2.24, 2.45) is 5.10 Å². The van der Waals surface area contributed by atoms with Gasteiger partial charge in [0, 0.05) is 24.5 Å². The zero-order valence-corrected chi connectivity index (χ0v) is 20.1. The number of rotatable bonds is 8. The molecular formula is C24H28Cl2N4O3. The first-order valence-electron chi connectivity index (χ1n) is 11.2. The van der Waals surface area contributed by atoms with E-state index >= 15 is 0 Å². The molecule has 0 saturated carbocycles. The van der Waals surface area contributed by atoms with E-state index in [2.05, 4.69) is 17.5 Å². The van der Waals surface area contributed by atoms with Gasteiger partial charge < -0.3 is 9.47 Å². The van der Waals surface area contributed by atoms with Crippen LogP contribution in [0, 0.1) is 0 Å². The minimum atomic E-state index is -0.214. The fourth-order valence-electron chi connectivity index (χ4n) is 3.80. The fourth-order valence-corrected chi connectivity index (χ4v) is 4.30. The predicted octanol–water partition coefficient (Wildman–Crippen LogP) is 4.84. The molecule has 1 amide bonds. The number of carbonyl (C=O) groups excluding carboxylic acids is 1. The van der Waals surface area contributed by atoms with Gasteiger partial charge in [-0.2, -0.15) is 5.10 Å². The Morgan fingerprint density at radius 2 is 1.94 bits per heavy atom. The Bertz CT molecular complexity index is 994. The van der Waals surface area contributed by atoms with Crippen molar-refractivity contribution in [2.75, 3.05) is 37.9 Å². The first-order chi connectivity index (χ1) is 16.0. The summed E-state index contributed by atoms with van der Waals surface area (Å²) in [4.78, 5) is 13.0. The van der Waals surface area contributed by atoms with Gasteiger partial charge in [-0.05, 0) is 42.3 Å². The number of unbranched alkanes of at least 4 members (excludes halogenated alkanes) is 1. The largest absolute Gasteiger partial charge is 0.494 e. The molecule has 2 aromatic rings. The maximum absolute atomic E-state index is 13.0. The van der Waals surface area contributed by atoms with Crippen LogP contribution < -0.4 is 15.2 Å². The number of hydrogen-bond donors (Lipinski definition) is 1. The lowest BCUT2D eigenvalue weighted by atomic mass is 10.0. The van der Waals surface area contributed by atoms with Crippen LogP contribution in [0.25, 0.3) is 0 Å². The van der Waals surface area contributed by atoms with Gasteiger partial charge in [0.05, 0.1) is 36.6 Å².